The normalized spacial score (nSPS) is 14.9. The number of nitrogen functional groups attached to an aromatic ring is 2. The summed E-state index contributed by atoms with van der Waals surface area (Å²) in [4.78, 5) is 11.4. The average molecular weight is 178 g/mol. The van der Waals surface area contributed by atoms with Crippen molar-refractivity contribution in [3.8, 4) is 5.75 Å². The molecule has 13 heavy (non-hydrogen) atoms. The SMILES string of the molecule is Nc1ccc(N)c2c1OCCC2=O. The first-order chi connectivity index (χ1) is 6.20. The maximum atomic E-state index is 11.4. The molecule has 0 fully saturated rings. The van der Waals surface area contributed by atoms with Crippen LogP contribution in [0, 0.1) is 0 Å². The third-order valence-corrected chi connectivity index (χ3v) is 2.07. The van der Waals surface area contributed by atoms with Crippen LogP contribution in [-0.2, 0) is 0 Å². The van der Waals surface area contributed by atoms with Crippen molar-refractivity contribution in [1.29, 1.82) is 0 Å². The van der Waals surface area contributed by atoms with Gasteiger partial charge in [-0.15, -0.1) is 0 Å². The number of anilines is 2. The summed E-state index contributed by atoms with van der Waals surface area (Å²) in [5.74, 6) is 0.447. The van der Waals surface area contributed by atoms with Gasteiger partial charge in [0.25, 0.3) is 0 Å². The average Bonchev–Trinajstić information content (AvgIpc) is 2.12. The predicted octanol–water partition coefficient (Wildman–Crippen LogP) is 0.816. The van der Waals surface area contributed by atoms with E-state index < -0.39 is 0 Å². The van der Waals surface area contributed by atoms with E-state index in [-0.39, 0.29) is 5.78 Å². The van der Waals surface area contributed by atoms with Crippen molar-refractivity contribution in [2.45, 2.75) is 6.42 Å². The maximum Gasteiger partial charge on any atom is 0.172 e. The summed E-state index contributed by atoms with van der Waals surface area (Å²) in [5.41, 5.74) is 12.6. The number of hydrogen-bond donors (Lipinski definition) is 2. The quantitative estimate of drug-likeness (QED) is 0.576. The van der Waals surface area contributed by atoms with E-state index in [4.69, 9.17) is 16.2 Å². The molecule has 4 N–H and O–H groups in total. The van der Waals surface area contributed by atoms with Gasteiger partial charge in [-0.3, -0.25) is 4.79 Å². The van der Waals surface area contributed by atoms with Crippen LogP contribution in [0.2, 0.25) is 0 Å². The summed E-state index contributed by atoms with van der Waals surface area (Å²) in [5, 5.41) is 0. The Bertz CT molecular complexity index is 374. The van der Waals surface area contributed by atoms with Crippen molar-refractivity contribution in [3.63, 3.8) is 0 Å². The van der Waals surface area contributed by atoms with Gasteiger partial charge in [-0.1, -0.05) is 0 Å². The molecule has 0 aromatic heterocycles. The first kappa shape index (κ1) is 7.91. The van der Waals surface area contributed by atoms with Crippen molar-refractivity contribution < 1.29 is 9.53 Å². The van der Waals surface area contributed by atoms with Crippen molar-refractivity contribution in [2.75, 3.05) is 18.1 Å². The molecule has 1 aromatic rings. The molecular formula is C9H10N2O2. The molecule has 2 rings (SSSR count). The van der Waals surface area contributed by atoms with E-state index in [1.165, 1.54) is 0 Å². The smallest absolute Gasteiger partial charge is 0.172 e. The number of carbonyl (C=O) groups is 1. The van der Waals surface area contributed by atoms with Gasteiger partial charge in [0, 0.05) is 12.1 Å². The van der Waals surface area contributed by atoms with E-state index in [1.54, 1.807) is 12.1 Å². The number of nitrogens with two attached hydrogens (primary N) is 2. The molecule has 0 bridgehead atoms. The highest BCUT2D eigenvalue weighted by atomic mass is 16.5. The fraction of sp³-hybridized carbons (Fsp3) is 0.222. The Balaban J connectivity index is 2.67. The maximum absolute atomic E-state index is 11.4. The Morgan fingerprint density at radius 3 is 2.62 bits per heavy atom. The fourth-order valence-corrected chi connectivity index (χ4v) is 1.43. The molecule has 4 nitrogen and oxygen atoms in total. The van der Waals surface area contributed by atoms with Crippen LogP contribution >= 0.6 is 0 Å². The lowest BCUT2D eigenvalue weighted by Crippen LogP contribution is -2.18. The van der Waals surface area contributed by atoms with Gasteiger partial charge in [0.05, 0.1) is 17.9 Å². The molecule has 4 heteroatoms. The lowest BCUT2D eigenvalue weighted by molar-refractivity contribution is 0.0935. The Morgan fingerprint density at radius 1 is 1.23 bits per heavy atom. The Labute approximate surface area is 75.5 Å². The minimum Gasteiger partial charge on any atom is -0.490 e. The molecule has 0 saturated carbocycles. The molecule has 0 aliphatic carbocycles. The summed E-state index contributed by atoms with van der Waals surface area (Å²) < 4.78 is 5.28. The van der Waals surface area contributed by atoms with E-state index in [1.807, 2.05) is 0 Å². The third kappa shape index (κ3) is 1.11. The van der Waals surface area contributed by atoms with Crippen molar-refractivity contribution in [1.82, 2.24) is 0 Å². The van der Waals surface area contributed by atoms with Gasteiger partial charge in [-0.05, 0) is 12.1 Å². The number of ether oxygens (including phenoxy) is 1. The van der Waals surface area contributed by atoms with Crippen molar-refractivity contribution >= 4 is 17.2 Å². The van der Waals surface area contributed by atoms with Crippen LogP contribution in [0.4, 0.5) is 11.4 Å². The molecule has 0 radical (unpaired) electrons. The highest BCUT2D eigenvalue weighted by Gasteiger charge is 2.22. The van der Waals surface area contributed by atoms with Gasteiger partial charge in [0.1, 0.15) is 0 Å². The monoisotopic (exact) mass is 178 g/mol. The zero-order chi connectivity index (χ0) is 9.42. The van der Waals surface area contributed by atoms with Gasteiger partial charge in [-0.2, -0.15) is 0 Å². The van der Waals surface area contributed by atoms with Crippen LogP contribution < -0.4 is 16.2 Å². The molecule has 0 unspecified atom stereocenters. The van der Waals surface area contributed by atoms with Gasteiger partial charge >= 0.3 is 0 Å². The highest BCUT2D eigenvalue weighted by molar-refractivity contribution is 6.05. The molecule has 0 saturated heterocycles. The van der Waals surface area contributed by atoms with Crippen LogP contribution in [0.5, 0.6) is 5.75 Å². The Morgan fingerprint density at radius 2 is 1.92 bits per heavy atom. The lowest BCUT2D eigenvalue weighted by Gasteiger charge is -2.19. The number of Topliss-reactive ketones (excluding diaryl/α,β-unsaturated/α-hetero) is 1. The standard InChI is InChI=1S/C9H10N2O2/c10-5-1-2-6(11)9-8(5)7(12)3-4-13-9/h1-2H,3-4,10-11H2. The zero-order valence-corrected chi connectivity index (χ0v) is 7.04. The minimum absolute atomic E-state index is 0.00560. The molecular weight excluding hydrogens is 168 g/mol. The van der Waals surface area contributed by atoms with Crippen LogP contribution in [0.3, 0.4) is 0 Å². The minimum atomic E-state index is 0.00560. The second-order valence-corrected chi connectivity index (χ2v) is 2.97. The molecule has 1 heterocycles. The van der Waals surface area contributed by atoms with Crippen molar-refractivity contribution in [2.24, 2.45) is 0 Å². The molecule has 1 aliphatic rings. The van der Waals surface area contributed by atoms with Gasteiger partial charge in [-0.25, -0.2) is 0 Å². The van der Waals surface area contributed by atoms with Crippen LogP contribution in [0.1, 0.15) is 16.8 Å². The zero-order valence-electron chi connectivity index (χ0n) is 7.04. The molecule has 1 aliphatic heterocycles. The molecule has 68 valence electrons. The summed E-state index contributed by atoms with van der Waals surface area (Å²) in [6, 6.07) is 3.27. The van der Waals surface area contributed by atoms with E-state index in [0.717, 1.165) is 0 Å². The van der Waals surface area contributed by atoms with Gasteiger partial charge < -0.3 is 16.2 Å². The molecule has 0 atom stereocenters. The number of ketones is 1. The number of fused-ring (bicyclic) bond motifs is 1. The second kappa shape index (κ2) is 2.65. The largest absolute Gasteiger partial charge is 0.490 e. The Kier molecular flexibility index (Phi) is 1.62. The first-order valence-corrected chi connectivity index (χ1v) is 4.04. The summed E-state index contributed by atoms with van der Waals surface area (Å²) in [7, 11) is 0. The summed E-state index contributed by atoms with van der Waals surface area (Å²) >= 11 is 0. The molecule has 0 spiro atoms. The van der Waals surface area contributed by atoms with E-state index in [9.17, 15) is 4.79 Å². The molecule has 0 amide bonds. The predicted molar refractivity (Wildman–Crippen MR) is 49.7 cm³/mol. The van der Waals surface area contributed by atoms with Gasteiger partial charge in [0.2, 0.25) is 0 Å². The highest BCUT2D eigenvalue weighted by Crippen LogP contribution is 2.34. The molecule has 1 aromatic carbocycles. The number of rotatable bonds is 0. The first-order valence-electron chi connectivity index (χ1n) is 4.04. The number of benzene rings is 1. The topological polar surface area (TPSA) is 78.3 Å². The summed E-state index contributed by atoms with van der Waals surface area (Å²) in [6.45, 7) is 0.388. The van der Waals surface area contributed by atoms with Gasteiger partial charge in [0.15, 0.2) is 11.5 Å². The van der Waals surface area contributed by atoms with Crippen LogP contribution in [0.15, 0.2) is 12.1 Å². The van der Waals surface area contributed by atoms with E-state index in [0.29, 0.717) is 35.7 Å². The van der Waals surface area contributed by atoms with E-state index in [2.05, 4.69) is 0 Å². The lowest BCUT2D eigenvalue weighted by atomic mass is 10.0. The third-order valence-electron chi connectivity index (χ3n) is 2.07. The Hall–Kier alpha value is -1.71. The van der Waals surface area contributed by atoms with E-state index >= 15 is 0 Å². The van der Waals surface area contributed by atoms with Crippen LogP contribution in [-0.4, -0.2) is 12.4 Å². The van der Waals surface area contributed by atoms with Crippen LogP contribution in [0.25, 0.3) is 0 Å². The van der Waals surface area contributed by atoms with Crippen molar-refractivity contribution in [3.05, 3.63) is 17.7 Å². The number of carbonyl (C=O) groups excluding carboxylic acids is 1. The summed E-state index contributed by atoms with van der Waals surface area (Å²) in [6.07, 6.45) is 0.376. The second-order valence-electron chi connectivity index (χ2n) is 2.97. The fourth-order valence-electron chi connectivity index (χ4n) is 1.43. The number of hydrogen-bond acceptors (Lipinski definition) is 4.